The van der Waals surface area contributed by atoms with Crippen LogP contribution >= 0.6 is 0 Å². The number of likely N-dealkylation sites (tertiary alicyclic amines) is 2. The number of likely N-dealkylation sites (N-methyl/N-ethyl adjacent to an activating group) is 1. The summed E-state index contributed by atoms with van der Waals surface area (Å²) in [6.07, 6.45) is 10.6. The van der Waals surface area contributed by atoms with E-state index in [0.717, 1.165) is 56.8 Å². The maximum absolute atomic E-state index is 12.8. The molecule has 2 aliphatic heterocycles. The van der Waals surface area contributed by atoms with E-state index in [0.29, 0.717) is 11.8 Å². The summed E-state index contributed by atoms with van der Waals surface area (Å²) in [5, 5.41) is 4.35. The molecule has 5 heteroatoms. The number of hydrogen-bond acceptors (Lipinski definition) is 4. The van der Waals surface area contributed by atoms with E-state index in [2.05, 4.69) is 16.1 Å². The summed E-state index contributed by atoms with van der Waals surface area (Å²) in [6, 6.07) is 2.15. The highest BCUT2D eigenvalue weighted by Gasteiger charge is 2.50. The molecule has 132 valence electrons. The summed E-state index contributed by atoms with van der Waals surface area (Å²) in [5.41, 5.74) is 0.843. The van der Waals surface area contributed by atoms with Crippen LogP contribution in [0.4, 0.5) is 0 Å². The van der Waals surface area contributed by atoms with Gasteiger partial charge in [-0.3, -0.25) is 9.69 Å². The first kappa shape index (κ1) is 16.1. The van der Waals surface area contributed by atoms with Crippen LogP contribution < -0.4 is 0 Å². The molecule has 4 rings (SSSR count). The molecular weight excluding hydrogens is 302 g/mol. The minimum atomic E-state index is -0.287. The maximum Gasteiger partial charge on any atom is 0.242 e. The van der Waals surface area contributed by atoms with Crippen molar-refractivity contribution in [1.29, 1.82) is 0 Å². The van der Waals surface area contributed by atoms with Gasteiger partial charge in [0.25, 0.3) is 0 Å². The minimum Gasteiger partial charge on any atom is -0.360 e. The number of hydrogen-bond donors (Lipinski definition) is 0. The topological polar surface area (TPSA) is 49.6 Å². The number of aromatic nitrogens is 1. The number of piperidine rings is 1. The Morgan fingerprint density at radius 3 is 2.71 bits per heavy atom. The molecule has 0 bridgehead atoms. The maximum atomic E-state index is 12.8. The fourth-order valence-corrected chi connectivity index (χ4v) is 5.04. The number of nitrogens with zero attached hydrogens (tertiary/aromatic N) is 3. The van der Waals surface area contributed by atoms with Crippen LogP contribution in [-0.2, 0) is 11.3 Å². The minimum absolute atomic E-state index is 0.287. The monoisotopic (exact) mass is 331 g/mol. The molecule has 1 atom stereocenters. The first-order valence-corrected chi connectivity index (χ1v) is 9.65. The Labute approximate surface area is 144 Å². The Morgan fingerprint density at radius 1 is 1.17 bits per heavy atom. The van der Waals surface area contributed by atoms with Gasteiger partial charge in [-0.15, -0.1) is 0 Å². The lowest BCUT2D eigenvalue weighted by Crippen LogP contribution is -2.58. The van der Waals surface area contributed by atoms with Gasteiger partial charge in [0.2, 0.25) is 5.91 Å². The van der Waals surface area contributed by atoms with Gasteiger partial charge in [0, 0.05) is 25.6 Å². The van der Waals surface area contributed by atoms with Gasteiger partial charge in [-0.25, -0.2) is 0 Å². The lowest BCUT2D eigenvalue weighted by atomic mass is 9.85. The van der Waals surface area contributed by atoms with Crippen molar-refractivity contribution in [3.8, 4) is 0 Å². The van der Waals surface area contributed by atoms with Crippen molar-refractivity contribution >= 4 is 5.91 Å². The summed E-state index contributed by atoms with van der Waals surface area (Å²) < 4.78 is 5.66. The number of amides is 1. The van der Waals surface area contributed by atoms with Crippen LogP contribution in [0.3, 0.4) is 0 Å². The normalized spacial score (nSPS) is 29.7. The fraction of sp³-hybridized carbons (Fsp3) is 0.789. The third-order valence-electron chi connectivity index (χ3n) is 6.40. The van der Waals surface area contributed by atoms with Gasteiger partial charge in [-0.1, -0.05) is 24.4 Å². The molecule has 0 radical (unpaired) electrons. The molecule has 3 aliphatic rings. The van der Waals surface area contributed by atoms with E-state index in [4.69, 9.17) is 4.52 Å². The first-order chi connectivity index (χ1) is 11.7. The molecule has 0 N–H and O–H groups in total. The smallest absolute Gasteiger partial charge is 0.242 e. The third kappa shape index (κ3) is 2.77. The van der Waals surface area contributed by atoms with Crippen LogP contribution in [0.5, 0.6) is 0 Å². The molecule has 3 fully saturated rings. The molecule has 5 nitrogen and oxygen atoms in total. The van der Waals surface area contributed by atoms with E-state index in [1.54, 1.807) is 0 Å². The summed E-state index contributed by atoms with van der Waals surface area (Å²) in [6.45, 7) is 2.60. The van der Waals surface area contributed by atoms with Gasteiger partial charge >= 0.3 is 0 Å². The van der Waals surface area contributed by atoms with Gasteiger partial charge in [0.1, 0.15) is 5.54 Å². The van der Waals surface area contributed by atoms with Crippen LogP contribution in [0.25, 0.3) is 0 Å². The fourth-order valence-electron chi connectivity index (χ4n) is 5.04. The second-order valence-electron chi connectivity index (χ2n) is 7.94. The largest absolute Gasteiger partial charge is 0.360 e. The zero-order valence-electron chi connectivity index (χ0n) is 14.8. The average molecular weight is 331 g/mol. The van der Waals surface area contributed by atoms with E-state index in [1.807, 2.05) is 11.9 Å². The number of carbonyl (C=O) groups is 1. The quantitative estimate of drug-likeness (QED) is 0.852. The predicted molar refractivity (Wildman–Crippen MR) is 91.6 cm³/mol. The van der Waals surface area contributed by atoms with Crippen molar-refractivity contribution in [2.45, 2.75) is 75.8 Å². The van der Waals surface area contributed by atoms with Crippen molar-refractivity contribution in [2.24, 2.45) is 0 Å². The highest BCUT2D eigenvalue weighted by molar-refractivity contribution is 5.87. The van der Waals surface area contributed by atoms with Crippen LogP contribution in [0.1, 0.15) is 75.2 Å². The van der Waals surface area contributed by atoms with Crippen LogP contribution in [0, 0.1) is 0 Å². The molecule has 2 saturated heterocycles. The predicted octanol–water partition coefficient (Wildman–Crippen LogP) is 3.31. The van der Waals surface area contributed by atoms with Crippen molar-refractivity contribution in [3.63, 3.8) is 0 Å². The Kier molecular flexibility index (Phi) is 4.37. The van der Waals surface area contributed by atoms with Gasteiger partial charge < -0.3 is 9.42 Å². The summed E-state index contributed by atoms with van der Waals surface area (Å²) >= 11 is 0. The Balaban J connectivity index is 1.48. The lowest BCUT2D eigenvalue weighted by molar-refractivity contribution is -0.146. The van der Waals surface area contributed by atoms with Crippen molar-refractivity contribution in [3.05, 3.63) is 17.5 Å². The summed E-state index contributed by atoms with van der Waals surface area (Å²) in [4.78, 5) is 17.1. The van der Waals surface area contributed by atoms with Gasteiger partial charge in [0.15, 0.2) is 5.76 Å². The second-order valence-corrected chi connectivity index (χ2v) is 7.94. The Hall–Kier alpha value is -1.36. The second kappa shape index (κ2) is 6.51. The standard InChI is InChI=1S/C19H29N3O2/c1-21-11-5-9-19(18(21)23)10-6-12-22(19)14-16-13-17(20-24-16)15-7-3-2-4-8-15/h13,15H,2-12,14H2,1H3. The zero-order chi connectivity index (χ0) is 16.6. The van der Waals surface area contributed by atoms with Crippen LogP contribution in [0.15, 0.2) is 10.6 Å². The van der Waals surface area contributed by atoms with E-state index < -0.39 is 0 Å². The number of rotatable bonds is 3. The van der Waals surface area contributed by atoms with Gasteiger partial charge in [-0.2, -0.15) is 0 Å². The highest BCUT2D eigenvalue weighted by atomic mass is 16.5. The zero-order valence-corrected chi connectivity index (χ0v) is 14.8. The number of carbonyl (C=O) groups excluding carboxylic acids is 1. The Bertz CT molecular complexity index is 593. The van der Waals surface area contributed by atoms with E-state index >= 15 is 0 Å². The molecular formula is C19H29N3O2. The Morgan fingerprint density at radius 2 is 1.92 bits per heavy atom. The molecule has 24 heavy (non-hydrogen) atoms. The molecule has 3 heterocycles. The van der Waals surface area contributed by atoms with Crippen molar-refractivity contribution in [2.75, 3.05) is 20.1 Å². The van der Waals surface area contributed by atoms with E-state index in [9.17, 15) is 4.79 Å². The van der Waals surface area contributed by atoms with Crippen molar-refractivity contribution in [1.82, 2.24) is 15.0 Å². The average Bonchev–Trinajstić information content (AvgIpc) is 3.22. The third-order valence-corrected chi connectivity index (χ3v) is 6.40. The van der Waals surface area contributed by atoms with Crippen LogP contribution in [0.2, 0.25) is 0 Å². The van der Waals surface area contributed by atoms with Crippen LogP contribution in [-0.4, -0.2) is 46.5 Å². The van der Waals surface area contributed by atoms with Gasteiger partial charge in [0.05, 0.1) is 12.2 Å². The van der Waals surface area contributed by atoms with E-state index in [1.165, 1.54) is 32.1 Å². The molecule has 1 aromatic heterocycles. The highest BCUT2D eigenvalue weighted by Crippen LogP contribution is 2.39. The molecule has 1 aromatic rings. The summed E-state index contributed by atoms with van der Waals surface area (Å²) in [7, 11) is 1.94. The van der Waals surface area contributed by atoms with Gasteiger partial charge in [-0.05, 0) is 45.1 Å². The van der Waals surface area contributed by atoms with E-state index in [-0.39, 0.29) is 5.54 Å². The lowest BCUT2D eigenvalue weighted by Gasteiger charge is -2.43. The molecule has 1 spiro atoms. The molecule has 0 aromatic carbocycles. The molecule has 1 amide bonds. The van der Waals surface area contributed by atoms with Crippen molar-refractivity contribution < 1.29 is 9.32 Å². The molecule has 1 saturated carbocycles. The first-order valence-electron chi connectivity index (χ1n) is 9.65. The SMILES string of the molecule is CN1CCCC2(CCCN2Cc2cc(C3CCCCC3)no2)C1=O. The summed E-state index contributed by atoms with van der Waals surface area (Å²) in [5.74, 6) is 1.81. The molecule has 1 unspecified atom stereocenters. The molecule has 1 aliphatic carbocycles.